The van der Waals surface area contributed by atoms with Crippen molar-refractivity contribution in [2.75, 3.05) is 0 Å². The lowest BCUT2D eigenvalue weighted by atomic mass is 10.1. The first-order valence-corrected chi connectivity index (χ1v) is 5.62. The van der Waals surface area contributed by atoms with Crippen molar-refractivity contribution in [3.8, 4) is 17.0 Å². The van der Waals surface area contributed by atoms with Crippen LogP contribution in [0.4, 0.5) is 8.78 Å². The first kappa shape index (κ1) is 13.5. The summed E-state index contributed by atoms with van der Waals surface area (Å²) in [6, 6.07) is 4.16. The van der Waals surface area contributed by atoms with Crippen molar-refractivity contribution in [3.63, 3.8) is 0 Å². The molecule has 0 saturated carbocycles. The molecule has 0 atom stereocenters. The number of alkyl halides is 2. The summed E-state index contributed by atoms with van der Waals surface area (Å²) >= 11 is 5.84. The van der Waals surface area contributed by atoms with E-state index in [1.165, 1.54) is 29.1 Å². The molecule has 0 radical (unpaired) electrons. The highest BCUT2D eigenvalue weighted by Gasteiger charge is 2.17. The number of aldehydes is 1. The lowest BCUT2D eigenvalue weighted by Gasteiger charge is -2.09. The molecule has 0 saturated heterocycles. The Bertz CT molecular complexity index is 614. The van der Waals surface area contributed by atoms with Crippen LogP contribution in [0.5, 0.6) is 5.75 Å². The molecule has 0 aliphatic carbocycles. The molecule has 0 N–H and O–H groups in total. The van der Waals surface area contributed by atoms with Crippen LogP contribution in [0.1, 0.15) is 10.4 Å². The van der Waals surface area contributed by atoms with Gasteiger partial charge in [0, 0.05) is 23.8 Å². The van der Waals surface area contributed by atoms with Crippen LogP contribution < -0.4 is 4.74 Å². The summed E-state index contributed by atoms with van der Waals surface area (Å²) in [5.41, 5.74) is 0.759. The van der Waals surface area contributed by atoms with E-state index in [4.69, 9.17) is 11.6 Å². The summed E-state index contributed by atoms with van der Waals surface area (Å²) in [6.45, 7) is -2.97. The fourth-order valence-electron chi connectivity index (χ4n) is 1.69. The number of hydrogen-bond donors (Lipinski definition) is 0. The van der Waals surface area contributed by atoms with Gasteiger partial charge in [0.05, 0.1) is 5.56 Å². The molecule has 1 aromatic carbocycles. The number of ether oxygens (including phenoxy) is 1. The predicted octanol–water partition coefficient (Wildman–Crippen LogP) is 3.15. The summed E-state index contributed by atoms with van der Waals surface area (Å²) < 4.78 is 30.5. The highest BCUT2D eigenvalue weighted by Crippen LogP contribution is 2.34. The van der Waals surface area contributed by atoms with E-state index in [0.717, 1.165) is 0 Å². The Morgan fingerprint density at radius 3 is 2.84 bits per heavy atom. The molecule has 4 nitrogen and oxygen atoms in total. The molecule has 0 fully saturated rings. The van der Waals surface area contributed by atoms with E-state index in [9.17, 15) is 13.6 Å². The molecule has 7 heteroatoms. The number of aromatic nitrogens is 2. The van der Waals surface area contributed by atoms with Crippen LogP contribution in [-0.2, 0) is 7.05 Å². The fourth-order valence-corrected chi connectivity index (χ4v) is 1.86. The van der Waals surface area contributed by atoms with E-state index in [0.29, 0.717) is 11.3 Å². The Labute approximate surface area is 112 Å². The fraction of sp³-hybridized carbons (Fsp3) is 0.167. The van der Waals surface area contributed by atoms with Crippen molar-refractivity contribution < 1.29 is 18.3 Å². The van der Waals surface area contributed by atoms with Gasteiger partial charge in [0.25, 0.3) is 0 Å². The monoisotopic (exact) mass is 286 g/mol. The lowest BCUT2D eigenvalue weighted by Crippen LogP contribution is -2.03. The Hall–Kier alpha value is -1.95. The van der Waals surface area contributed by atoms with Gasteiger partial charge in [-0.05, 0) is 18.2 Å². The minimum absolute atomic E-state index is 0.0822. The van der Waals surface area contributed by atoms with E-state index < -0.39 is 6.61 Å². The summed E-state index contributed by atoms with van der Waals surface area (Å²) in [5.74, 6) is -0.0822. The molecule has 0 spiro atoms. The second kappa shape index (κ2) is 5.36. The van der Waals surface area contributed by atoms with Gasteiger partial charge in [-0.25, -0.2) is 0 Å². The van der Waals surface area contributed by atoms with E-state index in [-0.39, 0.29) is 22.6 Å². The van der Waals surface area contributed by atoms with Crippen molar-refractivity contribution in [3.05, 3.63) is 35.0 Å². The Balaban J connectivity index is 2.58. The normalized spacial score (nSPS) is 10.8. The van der Waals surface area contributed by atoms with Crippen molar-refractivity contribution in [1.29, 1.82) is 0 Å². The van der Waals surface area contributed by atoms with Gasteiger partial charge in [-0.15, -0.1) is 0 Å². The van der Waals surface area contributed by atoms with Crippen LogP contribution in [0.15, 0.2) is 24.4 Å². The SMILES string of the molecule is Cn1cc(C=O)c(-c2cc(Cl)ccc2OC(F)F)n1. The summed E-state index contributed by atoms with van der Waals surface area (Å²) in [6.07, 6.45) is 2.07. The molecular formula is C12H9ClF2N2O2. The van der Waals surface area contributed by atoms with Crippen LogP contribution >= 0.6 is 11.6 Å². The van der Waals surface area contributed by atoms with Gasteiger partial charge in [-0.2, -0.15) is 13.9 Å². The van der Waals surface area contributed by atoms with E-state index in [1.54, 1.807) is 7.05 Å². The predicted molar refractivity (Wildman–Crippen MR) is 65.7 cm³/mol. The Kier molecular flexibility index (Phi) is 3.80. The highest BCUT2D eigenvalue weighted by molar-refractivity contribution is 6.31. The molecule has 0 aliphatic rings. The van der Waals surface area contributed by atoms with Crippen molar-refractivity contribution in [1.82, 2.24) is 9.78 Å². The molecule has 2 rings (SSSR count). The molecule has 2 aromatic rings. The number of benzene rings is 1. The molecule has 19 heavy (non-hydrogen) atoms. The van der Waals surface area contributed by atoms with Gasteiger partial charge >= 0.3 is 6.61 Å². The van der Waals surface area contributed by atoms with Crippen molar-refractivity contribution in [2.24, 2.45) is 7.05 Å². The molecule has 1 aromatic heterocycles. The molecule has 0 unspecified atom stereocenters. The molecule has 0 bridgehead atoms. The first-order chi connectivity index (χ1) is 9.01. The smallest absolute Gasteiger partial charge is 0.387 e. The van der Waals surface area contributed by atoms with E-state index in [2.05, 4.69) is 9.84 Å². The molecular weight excluding hydrogens is 278 g/mol. The topological polar surface area (TPSA) is 44.1 Å². The van der Waals surface area contributed by atoms with Gasteiger partial charge < -0.3 is 4.74 Å². The zero-order valence-corrected chi connectivity index (χ0v) is 10.6. The second-order valence-corrected chi connectivity index (χ2v) is 4.18. The Morgan fingerprint density at radius 2 is 2.21 bits per heavy atom. The van der Waals surface area contributed by atoms with Gasteiger partial charge in [-0.1, -0.05) is 11.6 Å². The average molecular weight is 287 g/mol. The highest BCUT2D eigenvalue weighted by atomic mass is 35.5. The largest absolute Gasteiger partial charge is 0.434 e. The minimum Gasteiger partial charge on any atom is -0.434 e. The first-order valence-electron chi connectivity index (χ1n) is 5.25. The lowest BCUT2D eigenvalue weighted by molar-refractivity contribution is -0.0494. The third-order valence-corrected chi connectivity index (χ3v) is 2.63. The van der Waals surface area contributed by atoms with Gasteiger partial charge in [-0.3, -0.25) is 9.48 Å². The molecule has 100 valence electrons. The summed E-state index contributed by atoms with van der Waals surface area (Å²) in [5, 5.41) is 4.40. The number of nitrogens with zero attached hydrogens (tertiary/aromatic N) is 2. The number of carbonyl (C=O) groups is 1. The Morgan fingerprint density at radius 1 is 1.47 bits per heavy atom. The van der Waals surface area contributed by atoms with Crippen LogP contribution in [0.3, 0.4) is 0 Å². The van der Waals surface area contributed by atoms with E-state index >= 15 is 0 Å². The number of aryl methyl sites for hydroxylation is 1. The van der Waals surface area contributed by atoms with Gasteiger partial charge in [0.1, 0.15) is 11.4 Å². The second-order valence-electron chi connectivity index (χ2n) is 3.74. The third kappa shape index (κ3) is 2.90. The number of carbonyl (C=O) groups excluding carboxylic acids is 1. The van der Waals surface area contributed by atoms with Gasteiger partial charge in [0.2, 0.25) is 0 Å². The van der Waals surface area contributed by atoms with Crippen LogP contribution in [0.25, 0.3) is 11.3 Å². The number of hydrogen-bond acceptors (Lipinski definition) is 3. The third-order valence-electron chi connectivity index (χ3n) is 2.40. The van der Waals surface area contributed by atoms with Gasteiger partial charge in [0.15, 0.2) is 6.29 Å². The standard InChI is InChI=1S/C12H9ClF2N2O2/c1-17-5-7(6-18)11(16-17)9-4-8(13)2-3-10(9)19-12(14)15/h2-6,12H,1H3. The van der Waals surface area contributed by atoms with Crippen LogP contribution in [-0.4, -0.2) is 22.7 Å². The molecule has 0 aliphatic heterocycles. The summed E-state index contributed by atoms with van der Waals surface area (Å²) in [7, 11) is 1.62. The maximum Gasteiger partial charge on any atom is 0.387 e. The molecule has 0 amide bonds. The maximum absolute atomic E-state index is 12.4. The quantitative estimate of drug-likeness (QED) is 0.811. The number of halogens is 3. The summed E-state index contributed by atoms with van der Waals surface area (Å²) in [4.78, 5) is 11.0. The van der Waals surface area contributed by atoms with E-state index in [1.807, 2.05) is 0 Å². The van der Waals surface area contributed by atoms with Crippen LogP contribution in [0, 0.1) is 0 Å². The average Bonchev–Trinajstić information content (AvgIpc) is 2.72. The minimum atomic E-state index is -2.97. The zero-order chi connectivity index (χ0) is 14.0. The zero-order valence-electron chi connectivity index (χ0n) is 9.81. The number of rotatable bonds is 4. The maximum atomic E-state index is 12.4. The van der Waals surface area contributed by atoms with Crippen LogP contribution in [0.2, 0.25) is 5.02 Å². The molecule has 1 heterocycles. The van der Waals surface area contributed by atoms with Crippen molar-refractivity contribution in [2.45, 2.75) is 6.61 Å². The van der Waals surface area contributed by atoms with Crippen molar-refractivity contribution >= 4 is 17.9 Å².